The molecule has 0 bridgehead atoms. The normalized spacial score (nSPS) is 10.6. The smallest absolute Gasteiger partial charge is 0.239 e. The van der Waals surface area contributed by atoms with Crippen molar-refractivity contribution in [1.82, 2.24) is 25.0 Å². The zero-order valence-corrected chi connectivity index (χ0v) is 8.41. The third-order valence-electron chi connectivity index (χ3n) is 1.51. The van der Waals surface area contributed by atoms with Gasteiger partial charge in [-0.1, -0.05) is 0 Å². The van der Waals surface area contributed by atoms with Crippen LogP contribution in [0.25, 0.3) is 11.5 Å². The van der Waals surface area contributed by atoms with Crippen LogP contribution in [0.3, 0.4) is 0 Å². The topological polar surface area (TPSA) is 85.4 Å². The number of rotatable bonds is 1. The molecule has 0 aromatic carbocycles. The van der Waals surface area contributed by atoms with Crippen molar-refractivity contribution < 1.29 is 0 Å². The van der Waals surface area contributed by atoms with E-state index >= 15 is 0 Å². The molecule has 0 spiro atoms. The minimum atomic E-state index is 0.215. The first-order valence-corrected chi connectivity index (χ1v) is 4.33. The summed E-state index contributed by atoms with van der Waals surface area (Å²) < 4.78 is 2.53. The fourth-order valence-corrected chi connectivity index (χ4v) is 1.56. The van der Waals surface area contributed by atoms with E-state index in [0.717, 1.165) is 4.47 Å². The molecule has 13 heavy (non-hydrogen) atoms. The second kappa shape index (κ2) is 2.84. The lowest BCUT2D eigenvalue weighted by atomic mass is 10.4. The lowest BCUT2D eigenvalue weighted by Gasteiger charge is -1.87. The van der Waals surface area contributed by atoms with Crippen molar-refractivity contribution in [2.75, 3.05) is 5.73 Å². The van der Waals surface area contributed by atoms with Gasteiger partial charge in [-0.05, 0) is 15.9 Å². The van der Waals surface area contributed by atoms with E-state index in [4.69, 9.17) is 5.73 Å². The van der Waals surface area contributed by atoms with Crippen LogP contribution in [0.5, 0.6) is 0 Å². The largest absolute Gasteiger partial charge is 0.366 e. The number of nitrogen functional groups attached to an aromatic ring is 1. The van der Waals surface area contributed by atoms with Gasteiger partial charge in [-0.15, -0.1) is 5.10 Å². The van der Waals surface area contributed by atoms with E-state index in [1.807, 2.05) is 13.2 Å². The number of nitrogens with one attached hydrogen (secondary N) is 1. The fourth-order valence-electron chi connectivity index (χ4n) is 1.00. The lowest BCUT2D eigenvalue weighted by molar-refractivity contribution is 0.768. The number of anilines is 1. The molecule has 2 rings (SSSR count). The van der Waals surface area contributed by atoms with Gasteiger partial charge in [0.25, 0.3) is 0 Å². The van der Waals surface area contributed by atoms with Crippen molar-refractivity contribution in [3.8, 4) is 11.5 Å². The van der Waals surface area contributed by atoms with Crippen LogP contribution in [0.1, 0.15) is 0 Å². The predicted octanol–water partition coefficient (Wildman–Crippen LogP) is 0.550. The van der Waals surface area contributed by atoms with E-state index in [0.29, 0.717) is 11.5 Å². The highest BCUT2D eigenvalue weighted by Gasteiger charge is 2.11. The Morgan fingerprint density at radius 3 is 2.85 bits per heavy atom. The van der Waals surface area contributed by atoms with Crippen LogP contribution in [0, 0.1) is 0 Å². The van der Waals surface area contributed by atoms with Gasteiger partial charge in [-0.3, -0.25) is 9.78 Å². The number of aryl methyl sites for hydroxylation is 1. The van der Waals surface area contributed by atoms with Crippen LogP contribution in [-0.4, -0.2) is 25.0 Å². The zero-order chi connectivity index (χ0) is 9.42. The Balaban J connectivity index is 2.51. The number of nitrogens with two attached hydrogens (primary N) is 1. The molecule has 0 amide bonds. The summed E-state index contributed by atoms with van der Waals surface area (Å²) in [5.41, 5.74) is 6.07. The molecule has 6 nitrogen and oxygen atoms in total. The summed E-state index contributed by atoms with van der Waals surface area (Å²) >= 11 is 3.35. The quantitative estimate of drug-likeness (QED) is 0.765. The number of hydrogen-bond acceptors (Lipinski definition) is 4. The van der Waals surface area contributed by atoms with E-state index in [1.54, 1.807) is 4.68 Å². The maximum Gasteiger partial charge on any atom is 0.239 e. The molecular weight excluding hydrogens is 236 g/mol. The van der Waals surface area contributed by atoms with Gasteiger partial charge < -0.3 is 5.73 Å². The maximum atomic E-state index is 5.37. The Bertz CT molecular complexity index is 430. The van der Waals surface area contributed by atoms with E-state index in [9.17, 15) is 0 Å². The van der Waals surface area contributed by atoms with Crippen LogP contribution in [0.2, 0.25) is 0 Å². The molecule has 0 saturated heterocycles. The first-order chi connectivity index (χ1) is 6.16. The number of aromatic nitrogens is 5. The average Bonchev–Trinajstić information content (AvgIpc) is 2.58. The molecule has 0 aliphatic heterocycles. The monoisotopic (exact) mass is 242 g/mol. The van der Waals surface area contributed by atoms with Crippen molar-refractivity contribution in [3.63, 3.8) is 0 Å². The first kappa shape index (κ1) is 8.24. The summed E-state index contributed by atoms with van der Waals surface area (Å²) in [6.45, 7) is 0. The summed E-state index contributed by atoms with van der Waals surface area (Å²) in [5.74, 6) is 0.775. The minimum absolute atomic E-state index is 0.215. The van der Waals surface area contributed by atoms with Crippen LogP contribution >= 0.6 is 15.9 Å². The summed E-state index contributed by atoms with van der Waals surface area (Å²) in [6.07, 6.45) is 1.83. The summed E-state index contributed by atoms with van der Waals surface area (Å²) in [7, 11) is 1.83. The van der Waals surface area contributed by atoms with Gasteiger partial charge in [-0.25, -0.2) is 0 Å². The number of hydrogen-bond donors (Lipinski definition) is 2. The Morgan fingerprint density at radius 2 is 2.38 bits per heavy atom. The van der Waals surface area contributed by atoms with E-state index in [-0.39, 0.29) is 5.95 Å². The van der Waals surface area contributed by atoms with Crippen molar-refractivity contribution in [3.05, 3.63) is 10.7 Å². The van der Waals surface area contributed by atoms with Crippen molar-refractivity contribution in [2.24, 2.45) is 7.05 Å². The summed E-state index contributed by atoms with van der Waals surface area (Å²) in [5, 5.41) is 10.6. The molecule has 7 heteroatoms. The number of nitrogens with zero attached hydrogens (tertiary/aromatic N) is 4. The standard InChI is InChI=1S/C6H7BrN6/c1-13-2-3(7)4(12-13)5-9-6(8)11-10-5/h2H,1H3,(H3,8,9,10,11). The van der Waals surface area contributed by atoms with Gasteiger partial charge in [-0.2, -0.15) is 10.1 Å². The summed E-state index contributed by atoms with van der Waals surface area (Å²) in [6, 6.07) is 0. The predicted molar refractivity (Wildman–Crippen MR) is 50.7 cm³/mol. The molecule has 68 valence electrons. The van der Waals surface area contributed by atoms with Crippen LogP contribution < -0.4 is 5.73 Å². The molecule has 3 N–H and O–H groups in total. The van der Waals surface area contributed by atoms with Gasteiger partial charge in [0.05, 0.1) is 4.47 Å². The van der Waals surface area contributed by atoms with Crippen LogP contribution in [0.15, 0.2) is 10.7 Å². The van der Waals surface area contributed by atoms with Gasteiger partial charge >= 0.3 is 0 Å². The van der Waals surface area contributed by atoms with Crippen molar-refractivity contribution in [2.45, 2.75) is 0 Å². The second-order valence-corrected chi connectivity index (χ2v) is 3.40. The SMILES string of the molecule is Cn1cc(Br)c(-c2nc(N)n[nH]2)n1. The summed E-state index contributed by atoms with van der Waals surface area (Å²) in [4.78, 5) is 3.96. The van der Waals surface area contributed by atoms with Gasteiger partial charge in [0, 0.05) is 13.2 Å². The molecule has 0 aliphatic carbocycles. The number of H-pyrrole nitrogens is 1. The van der Waals surface area contributed by atoms with Crippen LogP contribution in [0.4, 0.5) is 5.95 Å². The molecule has 2 heterocycles. The Kier molecular flexibility index (Phi) is 1.80. The van der Waals surface area contributed by atoms with Crippen molar-refractivity contribution in [1.29, 1.82) is 0 Å². The molecule has 0 atom stereocenters. The minimum Gasteiger partial charge on any atom is -0.366 e. The van der Waals surface area contributed by atoms with Gasteiger partial charge in [0.2, 0.25) is 5.95 Å². The van der Waals surface area contributed by atoms with E-state index < -0.39 is 0 Å². The first-order valence-electron chi connectivity index (χ1n) is 3.54. The molecule has 0 fully saturated rings. The molecule has 0 saturated carbocycles. The lowest BCUT2D eigenvalue weighted by Crippen LogP contribution is -1.89. The Labute approximate surface area is 82.3 Å². The number of aromatic amines is 1. The zero-order valence-electron chi connectivity index (χ0n) is 6.82. The molecule has 2 aromatic rings. The Morgan fingerprint density at radius 1 is 1.62 bits per heavy atom. The Hall–Kier alpha value is -1.37. The molecular formula is C6H7BrN6. The maximum absolute atomic E-state index is 5.37. The van der Waals surface area contributed by atoms with Crippen molar-refractivity contribution >= 4 is 21.9 Å². The highest BCUT2D eigenvalue weighted by Crippen LogP contribution is 2.23. The van der Waals surface area contributed by atoms with Gasteiger partial charge in [0.1, 0.15) is 5.69 Å². The third-order valence-corrected chi connectivity index (χ3v) is 2.09. The number of halogens is 1. The third kappa shape index (κ3) is 1.42. The molecule has 0 unspecified atom stereocenters. The molecule has 0 radical (unpaired) electrons. The highest BCUT2D eigenvalue weighted by molar-refractivity contribution is 9.10. The van der Waals surface area contributed by atoms with Gasteiger partial charge in [0.15, 0.2) is 5.82 Å². The molecule has 0 aliphatic rings. The molecule has 2 aromatic heterocycles. The second-order valence-electron chi connectivity index (χ2n) is 2.54. The highest BCUT2D eigenvalue weighted by atomic mass is 79.9. The average molecular weight is 243 g/mol. The van der Waals surface area contributed by atoms with E-state index in [1.165, 1.54) is 0 Å². The fraction of sp³-hybridized carbons (Fsp3) is 0.167. The van der Waals surface area contributed by atoms with E-state index in [2.05, 4.69) is 36.2 Å². The van der Waals surface area contributed by atoms with Crippen LogP contribution in [-0.2, 0) is 7.05 Å².